The van der Waals surface area contributed by atoms with Crippen molar-refractivity contribution in [2.75, 3.05) is 5.73 Å². The highest BCUT2D eigenvalue weighted by Gasteiger charge is 2.16. The Morgan fingerprint density at radius 2 is 1.06 bits per heavy atom. The van der Waals surface area contributed by atoms with Crippen LogP contribution in [0.3, 0.4) is 0 Å². The van der Waals surface area contributed by atoms with E-state index in [9.17, 15) is 19.8 Å². The summed E-state index contributed by atoms with van der Waals surface area (Å²) in [7, 11) is 0. The van der Waals surface area contributed by atoms with Gasteiger partial charge in [-0.3, -0.25) is 9.59 Å². The molecule has 280 valence electrons. The van der Waals surface area contributed by atoms with Gasteiger partial charge in [-0.1, -0.05) is 134 Å². The molecular weight excluding hydrogens is 614 g/mol. The zero-order valence-electron chi connectivity index (χ0n) is 31.2. The summed E-state index contributed by atoms with van der Waals surface area (Å²) in [5.74, 6) is -0.420. The molecule has 1 aromatic rings. The van der Waals surface area contributed by atoms with Gasteiger partial charge in [-0.2, -0.15) is 0 Å². The van der Waals surface area contributed by atoms with Gasteiger partial charge in [-0.25, -0.2) is 0 Å². The Hall–Kier alpha value is -2.64. The second-order valence-electron chi connectivity index (χ2n) is 13.7. The molecule has 7 nitrogen and oxygen atoms in total. The minimum atomic E-state index is -0.375. The van der Waals surface area contributed by atoms with E-state index in [0.29, 0.717) is 6.42 Å². The number of anilines is 1. The number of ether oxygens (including phenoxy) is 2. The van der Waals surface area contributed by atoms with Gasteiger partial charge in [0.25, 0.3) is 0 Å². The van der Waals surface area contributed by atoms with E-state index >= 15 is 0 Å². The van der Waals surface area contributed by atoms with E-state index in [4.69, 9.17) is 15.2 Å². The molecule has 0 saturated carbocycles. The molecule has 0 spiro atoms. The van der Waals surface area contributed by atoms with Crippen LogP contribution in [0, 0.1) is 0 Å². The van der Waals surface area contributed by atoms with Crippen LogP contribution in [0.4, 0.5) is 5.69 Å². The number of nitrogens with two attached hydrogens (primary N) is 1. The Labute approximate surface area is 299 Å². The fourth-order valence-electron chi connectivity index (χ4n) is 5.78. The summed E-state index contributed by atoms with van der Waals surface area (Å²) >= 11 is 0. The van der Waals surface area contributed by atoms with Gasteiger partial charge >= 0.3 is 11.9 Å². The third-order valence-electron chi connectivity index (χ3n) is 8.88. The van der Waals surface area contributed by atoms with E-state index in [1.54, 1.807) is 18.2 Å². The molecule has 2 unspecified atom stereocenters. The Morgan fingerprint density at radius 1 is 0.612 bits per heavy atom. The first-order chi connectivity index (χ1) is 23.9. The monoisotopic (exact) mass is 686 g/mol. The molecular formula is C42H71NO6. The van der Waals surface area contributed by atoms with Gasteiger partial charge in [-0.15, -0.1) is 0 Å². The Bertz CT molecular complexity index is 1020. The van der Waals surface area contributed by atoms with Gasteiger partial charge < -0.3 is 25.4 Å². The van der Waals surface area contributed by atoms with Crippen LogP contribution in [-0.4, -0.2) is 34.4 Å². The van der Waals surface area contributed by atoms with Crippen molar-refractivity contribution < 1.29 is 29.3 Å². The summed E-state index contributed by atoms with van der Waals surface area (Å²) < 4.78 is 11.1. The molecule has 0 heterocycles. The average Bonchev–Trinajstić information content (AvgIpc) is 3.08. The molecule has 1 rings (SSSR count). The summed E-state index contributed by atoms with van der Waals surface area (Å²) in [6.07, 6.45) is 33.5. The van der Waals surface area contributed by atoms with E-state index in [2.05, 4.69) is 38.2 Å². The third kappa shape index (κ3) is 25.9. The largest absolute Gasteiger partial charge is 0.422 e. The molecule has 0 aromatic heterocycles. The Balaban J connectivity index is 2.16. The number of para-hydroxylation sites is 1. The summed E-state index contributed by atoms with van der Waals surface area (Å²) in [6, 6.07) is 4.93. The lowest BCUT2D eigenvalue weighted by Crippen LogP contribution is -2.13. The van der Waals surface area contributed by atoms with Crippen molar-refractivity contribution in [3.8, 4) is 11.5 Å². The molecule has 0 fully saturated rings. The molecule has 0 aliphatic rings. The van der Waals surface area contributed by atoms with Gasteiger partial charge in [0.2, 0.25) is 0 Å². The molecule has 2 atom stereocenters. The number of hydrogen-bond donors (Lipinski definition) is 3. The number of rotatable bonds is 32. The number of aliphatic hydroxyl groups excluding tert-OH is 2. The highest BCUT2D eigenvalue weighted by molar-refractivity contribution is 5.79. The Kier molecular flexibility index (Phi) is 28.4. The molecule has 0 radical (unpaired) electrons. The van der Waals surface area contributed by atoms with Crippen LogP contribution in [0.2, 0.25) is 0 Å². The van der Waals surface area contributed by atoms with E-state index in [0.717, 1.165) is 116 Å². The number of allylic oxidation sites excluding steroid dienone is 2. The van der Waals surface area contributed by atoms with Crippen LogP contribution in [0.1, 0.15) is 181 Å². The quantitative estimate of drug-likeness (QED) is 0.0227. The van der Waals surface area contributed by atoms with E-state index in [-0.39, 0.29) is 47.8 Å². The number of carbonyl (C=O) groups excluding carboxylic acids is 2. The van der Waals surface area contributed by atoms with E-state index in [1.165, 1.54) is 38.5 Å². The third-order valence-corrected chi connectivity index (χ3v) is 8.88. The van der Waals surface area contributed by atoms with Crippen LogP contribution in [0.5, 0.6) is 11.5 Å². The molecule has 4 N–H and O–H groups in total. The van der Waals surface area contributed by atoms with Crippen molar-refractivity contribution in [2.45, 2.75) is 193 Å². The Morgan fingerprint density at radius 3 is 1.57 bits per heavy atom. The number of esters is 2. The second kappa shape index (κ2) is 31.3. The number of carbonyl (C=O) groups is 2. The lowest BCUT2D eigenvalue weighted by Gasteiger charge is -2.12. The van der Waals surface area contributed by atoms with Gasteiger partial charge in [-0.05, 0) is 76.3 Å². The maximum absolute atomic E-state index is 12.5. The minimum absolute atomic E-state index is 0.121. The second-order valence-corrected chi connectivity index (χ2v) is 13.7. The van der Waals surface area contributed by atoms with Crippen molar-refractivity contribution in [2.24, 2.45) is 0 Å². The topological polar surface area (TPSA) is 119 Å². The zero-order chi connectivity index (χ0) is 35.8. The summed E-state index contributed by atoms with van der Waals surface area (Å²) in [5, 5.41) is 20.1. The first-order valence-electron chi connectivity index (χ1n) is 19.8. The summed E-state index contributed by atoms with van der Waals surface area (Å²) in [6.45, 7) is 4.40. The number of hydrogen-bond acceptors (Lipinski definition) is 7. The van der Waals surface area contributed by atoms with E-state index in [1.807, 2.05) is 0 Å². The highest BCUT2D eigenvalue weighted by Crippen LogP contribution is 2.34. The summed E-state index contributed by atoms with van der Waals surface area (Å²) in [5.41, 5.74) is 6.35. The standard InChI is InChI=1S/C42H71NO6/c1-3-5-7-21-28-36(44)30-23-17-13-9-11-15-19-25-34-40(46)48-39-33-27-32-38(43)42(39)49-41(47)35-26-20-16-12-10-14-18-24-31-37(45)29-22-8-6-4-2/h17-18,23-24,27,32-33,36-37,44-45H,3-16,19-22,25-26,28-31,34-35,43H2,1-2H3/b23-17-,24-18-. The van der Waals surface area contributed by atoms with Crippen LogP contribution < -0.4 is 15.2 Å². The van der Waals surface area contributed by atoms with Crippen molar-refractivity contribution in [1.82, 2.24) is 0 Å². The van der Waals surface area contributed by atoms with E-state index < -0.39 is 0 Å². The van der Waals surface area contributed by atoms with Crippen LogP contribution in [0.25, 0.3) is 0 Å². The SMILES string of the molecule is CCCCCCC(O)C/C=C\CCCCCCCC(=O)Oc1cccc(N)c1OC(=O)CCCCCCC/C=C\CC(O)CCCCCC. The smallest absolute Gasteiger partial charge is 0.311 e. The van der Waals surface area contributed by atoms with Crippen LogP contribution >= 0.6 is 0 Å². The van der Waals surface area contributed by atoms with Crippen molar-refractivity contribution in [3.05, 3.63) is 42.5 Å². The highest BCUT2D eigenvalue weighted by atomic mass is 16.6. The average molecular weight is 686 g/mol. The first kappa shape index (κ1) is 44.4. The zero-order valence-corrected chi connectivity index (χ0v) is 31.2. The number of aliphatic hydroxyl groups is 2. The van der Waals surface area contributed by atoms with Gasteiger partial charge in [0.05, 0.1) is 17.9 Å². The predicted octanol–water partition coefficient (Wildman–Crippen LogP) is 11.1. The molecule has 0 bridgehead atoms. The lowest BCUT2D eigenvalue weighted by molar-refractivity contribution is -0.137. The fraction of sp³-hybridized carbons (Fsp3) is 0.714. The molecule has 0 amide bonds. The van der Waals surface area contributed by atoms with Crippen molar-refractivity contribution in [1.29, 1.82) is 0 Å². The van der Waals surface area contributed by atoms with Crippen molar-refractivity contribution >= 4 is 17.6 Å². The normalized spacial score (nSPS) is 12.9. The minimum Gasteiger partial charge on any atom is -0.422 e. The maximum Gasteiger partial charge on any atom is 0.311 e. The molecule has 0 aliphatic carbocycles. The summed E-state index contributed by atoms with van der Waals surface area (Å²) in [4.78, 5) is 25.1. The maximum atomic E-state index is 12.5. The molecule has 0 aliphatic heterocycles. The number of nitrogen functional groups attached to an aromatic ring is 1. The van der Waals surface area contributed by atoms with Crippen LogP contribution in [-0.2, 0) is 9.59 Å². The lowest BCUT2D eigenvalue weighted by atomic mass is 10.1. The molecule has 49 heavy (non-hydrogen) atoms. The van der Waals surface area contributed by atoms with Crippen LogP contribution in [0.15, 0.2) is 42.5 Å². The fourth-order valence-corrected chi connectivity index (χ4v) is 5.78. The van der Waals surface area contributed by atoms with Gasteiger partial charge in [0.1, 0.15) is 0 Å². The molecule has 7 heteroatoms. The van der Waals surface area contributed by atoms with Gasteiger partial charge in [0.15, 0.2) is 11.5 Å². The number of unbranched alkanes of at least 4 members (excludes halogenated alkanes) is 16. The number of benzene rings is 1. The predicted molar refractivity (Wildman–Crippen MR) is 204 cm³/mol. The van der Waals surface area contributed by atoms with Gasteiger partial charge in [0, 0.05) is 12.8 Å². The molecule has 1 aromatic carbocycles. The van der Waals surface area contributed by atoms with Crippen molar-refractivity contribution in [3.63, 3.8) is 0 Å². The first-order valence-corrected chi connectivity index (χ1v) is 19.8. The molecule has 0 saturated heterocycles.